The Hall–Kier alpha value is -2.50. The molecule has 1 aromatic heterocycles. The summed E-state index contributed by atoms with van der Waals surface area (Å²) in [4.78, 5) is 22.8. The zero-order valence-electron chi connectivity index (χ0n) is 17.1. The molecular weight excluding hydrogens is 358 g/mol. The predicted octanol–water partition coefficient (Wildman–Crippen LogP) is 5.04. The molecule has 0 atom stereocenters. The molecule has 0 radical (unpaired) electrons. The molecule has 0 saturated carbocycles. The van der Waals surface area contributed by atoms with Gasteiger partial charge >= 0.3 is 11.7 Å². The second-order valence-corrected chi connectivity index (χ2v) is 7.85. The number of unbranched alkanes of at least 4 members (excludes halogenated alkanes) is 5. The number of hydrogen-bond donors (Lipinski definition) is 1. The van der Waals surface area contributed by atoms with Crippen LogP contribution in [0.25, 0.3) is 11.0 Å². The van der Waals surface area contributed by atoms with Crippen molar-refractivity contribution >= 4 is 17.1 Å². The van der Waals surface area contributed by atoms with Gasteiger partial charge in [0.05, 0.1) is 6.61 Å². The summed E-state index contributed by atoms with van der Waals surface area (Å²) in [6.07, 6.45) is 6.05. The van der Waals surface area contributed by atoms with E-state index in [1.807, 2.05) is 32.9 Å². The predicted molar refractivity (Wildman–Crippen MR) is 110 cm³/mol. The van der Waals surface area contributed by atoms with Crippen LogP contribution in [0.4, 0.5) is 4.79 Å². The molecule has 0 bridgehead atoms. The van der Waals surface area contributed by atoms with Crippen LogP contribution in [0.5, 0.6) is 5.75 Å². The molecule has 0 aliphatic heterocycles. The van der Waals surface area contributed by atoms with Crippen LogP contribution in [0.15, 0.2) is 39.5 Å². The fourth-order valence-electron chi connectivity index (χ4n) is 2.76. The van der Waals surface area contributed by atoms with Crippen molar-refractivity contribution in [3.63, 3.8) is 0 Å². The number of alkyl carbamates (subject to hydrolysis) is 1. The number of amides is 1. The Kier molecular flexibility index (Phi) is 8.36. The Morgan fingerprint density at radius 3 is 2.43 bits per heavy atom. The van der Waals surface area contributed by atoms with Gasteiger partial charge in [-0.25, -0.2) is 9.59 Å². The summed E-state index contributed by atoms with van der Waals surface area (Å²) in [5.41, 5.74) is -0.261. The monoisotopic (exact) mass is 389 g/mol. The van der Waals surface area contributed by atoms with Crippen molar-refractivity contribution in [2.45, 2.75) is 64.9 Å². The van der Waals surface area contributed by atoms with Gasteiger partial charge in [0.25, 0.3) is 0 Å². The number of fused-ring (bicyclic) bond motifs is 1. The highest BCUT2D eigenvalue weighted by Crippen LogP contribution is 2.19. The lowest BCUT2D eigenvalue weighted by Gasteiger charge is -2.19. The van der Waals surface area contributed by atoms with Crippen molar-refractivity contribution in [3.05, 3.63) is 40.8 Å². The molecule has 0 fully saturated rings. The normalized spacial score (nSPS) is 11.4. The third-order valence-corrected chi connectivity index (χ3v) is 4.10. The molecule has 1 N–H and O–H groups in total. The lowest BCUT2D eigenvalue weighted by molar-refractivity contribution is 0.0527. The van der Waals surface area contributed by atoms with Crippen LogP contribution in [0.3, 0.4) is 0 Å². The molecule has 28 heavy (non-hydrogen) atoms. The average molecular weight is 389 g/mol. The van der Waals surface area contributed by atoms with E-state index in [0.717, 1.165) is 49.7 Å². The lowest BCUT2D eigenvalue weighted by atomic mass is 10.1. The summed E-state index contributed by atoms with van der Waals surface area (Å²) in [5, 5.41) is 3.66. The van der Waals surface area contributed by atoms with E-state index >= 15 is 0 Å². The van der Waals surface area contributed by atoms with Gasteiger partial charge < -0.3 is 19.2 Å². The van der Waals surface area contributed by atoms with E-state index < -0.39 is 5.60 Å². The maximum atomic E-state index is 11.5. The lowest BCUT2D eigenvalue weighted by Crippen LogP contribution is -2.32. The second kappa shape index (κ2) is 10.7. The topological polar surface area (TPSA) is 77.8 Å². The molecule has 0 aliphatic carbocycles. The molecule has 0 saturated heterocycles. The number of ether oxygens (including phenoxy) is 2. The Labute approximate surface area is 166 Å². The first kappa shape index (κ1) is 21.8. The van der Waals surface area contributed by atoms with Crippen molar-refractivity contribution in [2.24, 2.45) is 0 Å². The van der Waals surface area contributed by atoms with Crippen LogP contribution < -0.4 is 15.7 Å². The first-order valence-electron chi connectivity index (χ1n) is 9.97. The van der Waals surface area contributed by atoms with Crippen LogP contribution >= 0.6 is 0 Å². The van der Waals surface area contributed by atoms with Crippen molar-refractivity contribution < 1.29 is 18.7 Å². The number of hydrogen-bond acceptors (Lipinski definition) is 5. The van der Waals surface area contributed by atoms with E-state index in [9.17, 15) is 9.59 Å². The number of carbonyl (C=O) groups excluding carboxylic acids is 1. The van der Waals surface area contributed by atoms with Gasteiger partial charge in [-0.2, -0.15) is 0 Å². The molecule has 6 heteroatoms. The highest BCUT2D eigenvalue weighted by atomic mass is 16.6. The fraction of sp³-hybridized carbons (Fsp3) is 0.545. The highest BCUT2D eigenvalue weighted by molar-refractivity contribution is 5.77. The number of rotatable bonds is 10. The molecule has 0 spiro atoms. The maximum Gasteiger partial charge on any atom is 0.407 e. The Morgan fingerprint density at radius 2 is 1.68 bits per heavy atom. The van der Waals surface area contributed by atoms with E-state index in [1.165, 1.54) is 6.07 Å². The van der Waals surface area contributed by atoms with Gasteiger partial charge in [-0.05, 0) is 51.8 Å². The van der Waals surface area contributed by atoms with Crippen LogP contribution in [-0.2, 0) is 4.74 Å². The number of nitrogens with one attached hydrogen (secondary N) is 1. The first-order chi connectivity index (χ1) is 13.3. The third-order valence-electron chi connectivity index (χ3n) is 4.10. The van der Waals surface area contributed by atoms with E-state index in [-0.39, 0.29) is 11.7 Å². The minimum Gasteiger partial charge on any atom is -0.493 e. The maximum absolute atomic E-state index is 11.5. The fourth-order valence-corrected chi connectivity index (χ4v) is 2.76. The first-order valence-corrected chi connectivity index (χ1v) is 9.97. The van der Waals surface area contributed by atoms with Gasteiger partial charge in [0, 0.05) is 24.1 Å². The molecule has 6 nitrogen and oxygen atoms in total. The summed E-state index contributed by atoms with van der Waals surface area (Å²) in [5.74, 6) is 0.718. The Morgan fingerprint density at radius 1 is 1.00 bits per heavy atom. The number of benzene rings is 1. The summed E-state index contributed by atoms with van der Waals surface area (Å²) in [6.45, 7) is 6.86. The van der Waals surface area contributed by atoms with Crippen LogP contribution in [-0.4, -0.2) is 24.8 Å². The summed E-state index contributed by atoms with van der Waals surface area (Å²) in [6, 6.07) is 8.69. The number of carbonyl (C=O) groups is 1. The van der Waals surface area contributed by atoms with E-state index in [1.54, 1.807) is 12.1 Å². The van der Waals surface area contributed by atoms with Crippen molar-refractivity contribution in [1.82, 2.24) is 5.32 Å². The molecular formula is C22H31NO5. The minimum absolute atomic E-state index is 0.349. The molecule has 154 valence electrons. The van der Waals surface area contributed by atoms with Crippen molar-refractivity contribution in [1.29, 1.82) is 0 Å². The van der Waals surface area contributed by atoms with Crippen LogP contribution in [0.1, 0.15) is 59.3 Å². The molecule has 1 amide bonds. The minimum atomic E-state index is -0.452. The van der Waals surface area contributed by atoms with Crippen LogP contribution in [0.2, 0.25) is 0 Å². The molecule has 2 rings (SSSR count). The Bertz CT molecular complexity index is 806. The SMILES string of the molecule is CC(C)(C)OC(=O)NCCCCCCCCOc1ccc2ccc(=O)oc2c1. The summed E-state index contributed by atoms with van der Waals surface area (Å²) >= 11 is 0. The van der Waals surface area contributed by atoms with Crippen molar-refractivity contribution in [2.75, 3.05) is 13.2 Å². The van der Waals surface area contributed by atoms with E-state index in [2.05, 4.69) is 5.32 Å². The summed E-state index contributed by atoms with van der Waals surface area (Å²) < 4.78 is 16.1. The molecule has 0 aliphatic rings. The molecule has 1 aromatic carbocycles. The van der Waals surface area contributed by atoms with E-state index in [0.29, 0.717) is 18.7 Å². The standard InChI is InChI=1S/C22H31NO5/c1-22(2,3)28-21(25)23-14-8-6-4-5-7-9-15-26-18-12-10-17-11-13-20(24)27-19(17)16-18/h10-13,16H,4-9,14-15H2,1-3H3,(H,23,25). The average Bonchev–Trinajstić information content (AvgIpc) is 2.61. The van der Waals surface area contributed by atoms with Gasteiger partial charge in [0.1, 0.15) is 16.9 Å². The second-order valence-electron chi connectivity index (χ2n) is 7.85. The van der Waals surface area contributed by atoms with Gasteiger partial charge in [0.15, 0.2) is 0 Å². The quantitative estimate of drug-likeness (QED) is 0.455. The molecule has 0 unspecified atom stereocenters. The smallest absolute Gasteiger partial charge is 0.407 e. The van der Waals surface area contributed by atoms with Gasteiger partial charge in [-0.1, -0.05) is 25.7 Å². The van der Waals surface area contributed by atoms with Gasteiger partial charge in [-0.15, -0.1) is 0 Å². The van der Waals surface area contributed by atoms with Crippen LogP contribution in [0, 0.1) is 0 Å². The molecule has 2 aromatic rings. The molecule has 1 heterocycles. The Balaban J connectivity index is 1.50. The van der Waals surface area contributed by atoms with Gasteiger partial charge in [0.2, 0.25) is 0 Å². The summed E-state index contributed by atoms with van der Waals surface area (Å²) in [7, 11) is 0. The third kappa shape index (κ3) is 8.46. The largest absolute Gasteiger partial charge is 0.493 e. The van der Waals surface area contributed by atoms with Gasteiger partial charge in [-0.3, -0.25) is 0 Å². The zero-order valence-corrected chi connectivity index (χ0v) is 17.1. The van der Waals surface area contributed by atoms with Crippen molar-refractivity contribution in [3.8, 4) is 5.75 Å². The zero-order chi connectivity index (χ0) is 20.4. The van der Waals surface area contributed by atoms with E-state index in [4.69, 9.17) is 13.9 Å². The highest BCUT2D eigenvalue weighted by Gasteiger charge is 2.15.